The van der Waals surface area contributed by atoms with Crippen LogP contribution in [0.25, 0.3) is 0 Å². The molecule has 1 amide bonds. The molecule has 2 aromatic rings. The molecule has 1 aliphatic rings. The summed E-state index contributed by atoms with van der Waals surface area (Å²) in [7, 11) is 3.18. The van der Waals surface area contributed by atoms with E-state index in [1.807, 2.05) is 24.3 Å². The summed E-state index contributed by atoms with van der Waals surface area (Å²) < 4.78 is 11.0. The van der Waals surface area contributed by atoms with Crippen molar-refractivity contribution in [2.45, 2.75) is 16.9 Å². The van der Waals surface area contributed by atoms with E-state index in [0.717, 1.165) is 11.1 Å². The number of carbonyl (C=O) groups excluding carboxylic acids is 1. The molecular weight excluding hydrogens is 374 g/mol. The molecule has 0 aliphatic carbocycles. The lowest BCUT2D eigenvalue weighted by Gasteiger charge is -2.23. The predicted octanol–water partition coefficient (Wildman–Crippen LogP) is 3.88. The summed E-state index contributed by atoms with van der Waals surface area (Å²) in [6.45, 7) is -0.0653. The molecule has 2 aromatic carbocycles. The fourth-order valence-electron chi connectivity index (χ4n) is 3.05. The number of halogens is 1. The van der Waals surface area contributed by atoms with E-state index in [1.54, 1.807) is 26.4 Å². The number of thioether (sulfide) groups is 1. The summed E-state index contributed by atoms with van der Waals surface area (Å²) in [6, 6.07) is 11.1. The van der Waals surface area contributed by atoms with Gasteiger partial charge in [0.1, 0.15) is 0 Å². The second-order valence-electron chi connectivity index (χ2n) is 5.82. The smallest absolute Gasteiger partial charge is 0.237 e. The molecule has 0 saturated carbocycles. The molecule has 138 valence electrons. The van der Waals surface area contributed by atoms with Gasteiger partial charge in [0.25, 0.3) is 0 Å². The molecule has 0 bridgehead atoms. The van der Waals surface area contributed by atoms with E-state index >= 15 is 0 Å². The van der Waals surface area contributed by atoms with E-state index in [0.29, 0.717) is 28.6 Å². The van der Waals surface area contributed by atoms with Gasteiger partial charge >= 0.3 is 0 Å². The van der Waals surface area contributed by atoms with Crippen molar-refractivity contribution in [2.24, 2.45) is 0 Å². The number of amides is 1. The zero-order valence-corrected chi connectivity index (χ0v) is 16.1. The minimum atomic E-state index is -0.396. The van der Waals surface area contributed by atoms with Crippen LogP contribution in [-0.4, -0.2) is 37.1 Å². The fourth-order valence-corrected chi connectivity index (χ4v) is 4.66. The van der Waals surface area contributed by atoms with Crippen LogP contribution >= 0.6 is 23.4 Å². The van der Waals surface area contributed by atoms with Crippen molar-refractivity contribution in [3.8, 4) is 11.5 Å². The van der Waals surface area contributed by atoms with Gasteiger partial charge in [-0.3, -0.25) is 4.79 Å². The van der Waals surface area contributed by atoms with E-state index < -0.39 is 5.25 Å². The summed E-state index contributed by atoms with van der Waals surface area (Å²) in [5.74, 6) is 1.11. The Balaban J connectivity index is 2.17. The van der Waals surface area contributed by atoms with Crippen LogP contribution in [0, 0.1) is 0 Å². The van der Waals surface area contributed by atoms with E-state index in [9.17, 15) is 9.90 Å². The predicted molar refractivity (Wildman–Crippen MR) is 105 cm³/mol. The number of rotatable bonds is 5. The van der Waals surface area contributed by atoms with Gasteiger partial charge in [0, 0.05) is 22.9 Å². The third-order valence-corrected chi connectivity index (χ3v) is 6.05. The first-order valence-electron chi connectivity index (χ1n) is 8.16. The molecule has 5 nitrogen and oxygen atoms in total. The fraction of sp³-hybridized carbons (Fsp3) is 0.316. The lowest BCUT2D eigenvalue weighted by Crippen LogP contribution is -2.25. The van der Waals surface area contributed by atoms with Crippen LogP contribution in [-0.2, 0) is 4.79 Å². The molecule has 26 heavy (non-hydrogen) atoms. The van der Waals surface area contributed by atoms with Crippen LogP contribution in [0.1, 0.15) is 22.8 Å². The Hall–Kier alpha value is -1.89. The summed E-state index contributed by atoms with van der Waals surface area (Å²) in [6.07, 6.45) is 0.362. The number of hydrogen-bond acceptors (Lipinski definition) is 5. The van der Waals surface area contributed by atoms with Gasteiger partial charge in [-0.25, -0.2) is 0 Å². The van der Waals surface area contributed by atoms with Crippen molar-refractivity contribution >= 4 is 35.0 Å². The van der Waals surface area contributed by atoms with Crippen molar-refractivity contribution in [3.05, 3.63) is 52.5 Å². The van der Waals surface area contributed by atoms with Gasteiger partial charge < -0.3 is 19.9 Å². The van der Waals surface area contributed by atoms with Gasteiger partial charge in [-0.2, -0.15) is 0 Å². The van der Waals surface area contributed by atoms with Crippen molar-refractivity contribution in [1.29, 1.82) is 0 Å². The molecule has 7 heteroatoms. The number of benzene rings is 2. The number of nitrogens with one attached hydrogen (secondary N) is 1. The van der Waals surface area contributed by atoms with Gasteiger partial charge in [-0.1, -0.05) is 23.7 Å². The Morgan fingerprint density at radius 2 is 2.00 bits per heavy atom. The maximum absolute atomic E-state index is 12.6. The quantitative estimate of drug-likeness (QED) is 0.806. The highest BCUT2D eigenvalue weighted by atomic mass is 35.5. The molecule has 3 rings (SSSR count). The number of para-hydroxylation sites is 1. The van der Waals surface area contributed by atoms with Gasteiger partial charge in [-0.05, 0) is 36.2 Å². The van der Waals surface area contributed by atoms with Gasteiger partial charge in [0.05, 0.1) is 24.7 Å². The van der Waals surface area contributed by atoms with Crippen LogP contribution in [0.4, 0.5) is 5.69 Å². The minimum absolute atomic E-state index is 0.0653. The van der Waals surface area contributed by atoms with Crippen LogP contribution < -0.4 is 14.8 Å². The van der Waals surface area contributed by atoms with Crippen molar-refractivity contribution in [2.75, 3.05) is 26.1 Å². The zero-order chi connectivity index (χ0) is 18.7. The molecule has 1 heterocycles. The maximum Gasteiger partial charge on any atom is 0.237 e. The number of fused-ring (bicyclic) bond motifs is 1. The number of ether oxygens (including phenoxy) is 2. The third kappa shape index (κ3) is 3.63. The largest absolute Gasteiger partial charge is 0.493 e. The first-order chi connectivity index (χ1) is 12.6. The number of methoxy groups -OCH3 is 2. The normalized spacial score (nSPS) is 19.3. The van der Waals surface area contributed by atoms with Crippen molar-refractivity contribution in [1.82, 2.24) is 0 Å². The Bertz CT molecular complexity index is 814. The maximum atomic E-state index is 12.6. The minimum Gasteiger partial charge on any atom is -0.493 e. The Kier molecular flexibility index (Phi) is 5.96. The molecule has 0 unspecified atom stereocenters. The zero-order valence-electron chi connectivity index (χ0n) is 14.5. The Morgan fingerprint density at radius 3 is 2.69 bits per heavy atom. The van der Waals surface area contributed by atoms with Crippen LogP contribution in [0.15, 0.2) is 36.4 Å². The van der Waals surface area contributed by atoms with Crippen LogP contribution in [0.2, 0.25) is 5.02 Å². The Labute approximate surface area is 161 Å². The van der Waals surface area contributed by atoms with E-state index in [4.69, 9.17) is 21.1 Å². The standard InChI is InChI=1S/C19H20ClNO4S/c1-24-15-5-3-4-12(17(15)25-2)18-13-10-11(20)6-7-14(13)21-19(23)16(26-18)8-9-22/h3-7,10,16,18,22H,8-9H2,1-2H3,(H,21,23)/t16-,18-/m1/s1. The number of carbonyl (C=O) groups is 1. The molecule has 2 atom stereocenters. The SMILES string of the molecule is COc1cccc([C@H]2S[C@H](CCO)C(=O)Nc3ccc(Cl)cc32)c1OC. The number of aliphatic hydroxyl groups is 1. The molecule has 0 saturated heterocycles. The van der Waals surface area contributed by atoms with E-state index in [2.05, 4.69) is 5.32 Å². The number of aliphatic hydroxyl groups excluding tert-OH is 1. The molecule has 0 fully saturated rings. The summed E-state index contributed by atoms with van der Waals surface area (Å²) in [4.78, 5) is 12.6. The molecule has 1 aliphatic heterocycles. The molecule has 2 N–H and O–H groups in total. The monoisotopic (exact) mass is 393 g/mol. The molecule has 0 spiro atoms. The van der Waals surface area contributed by atoms with Crippen LogP contribution in [0.3, 0.4) is 0 Å². The second kappa shape index (κ2) is 8.20. The van der Waals surface area contributed by atoms with Crippen molar-refractivity contribution < 1.29 is 19.4 Å². The van der Waals surface area contributed by atoms with E-state index in [-0.39, 0.29) is 17.8 Å². The molecular formula is C19H20ClNO4S. The topological polar surface area (TPSA) is 67.8 Å². The highest BCUT2D eigenvalue weighted by molar-refractivity contribution is 8.01. The second-order valence-corrected chi connectivity index (χ2v) is 7.57. The average molecular weight is 394 g/mol. The summed E-state index contributed by atoms with van der Waals surface area (Å²) >= 11 is 7.70. The molecule has 0 radical (unpaired) electrons. The first-order valence-corrected chi connectivity index (χ1v) is 9.48. The Morgan fingerprint density at radius 1 is 1.19 bits per heavy atom. The van der Waals surface area contributed by atoms with Gasteiger partial charge in [-0.15, -0.1) is 11.8 Å². The van der Waals surface area contributed by atoms with Crippen LogP contribution in [0.5, 0.6) is 11.5 Å². The highest BCUT2D eigenvalue weighted by Crippen LogP contribution is 2.49. The first kappa shape index (κ1) is 18.9. The highest BCUT2D eigenvalue weighted by Gasteiger charge is 2.33. The summed E-state index contributed by atoms with van der Waals surface area (Å²) in [5, 5.41) is 12.3. The summed E-state index contributed by atoms with van der Waals surface area (Å²) in [5.41, 5.74) is 2.49. The third-order valence-electron chi connectivity index (χ3n) is 4.25. The molecule has 0 aromatic heterocycles. The van der Waals surface area contributed by atoms with Gasteiger partial charge in [0.2, 0.25) is 5.91 Å². The number of hydrogen-bond donors (Lipinski definition) is 2. The average Bonchev–Trinajstić information content (AvgIpc) is 2.78. The lowest BCUT2D eigenvalue weighted by atomic mass is 10.0. The number of anilines is 1. The van der Waals surface area contributed by atoms with Gasteiger partial charge in [0.15, 0.2) is 11.5 Å². The lowest BCUT2D eigenvalue weighted by molar-refractivity contribution is -0.115. The van der Waals surface area contributed by atoms with Crippen molar-refractivity contribution in [3.63, 3.8) is 0 Å². The van der Waals surface area contributed by atoms with E-state index in [1.165, 1.54) is 11.8 Å².